The Balaban J connectivity index is 1.04. The summed E-state index contributed by atoms with van der Waals surface area (Å²) in [6.45, 7) is 9.59. The van der Waals surface area contributed by atoms with E-state index in [2.05, 4.69) is 219 Å². The number of aromatic nitrogens is 1. The van der Waals surface area contributed by atoms with Gasteiger partial charge in [-0.3, -0.25) is 0 Å². The second kappa shape index (κ2) is 12.1. The van der Waals surface area contributed by atoms with Crippen LogP contribution in [-0.2, 0) is 10.8 Å². The molecule has 3 aliphatic rings. The van der Waals surface area contributed by atoms with Crippen molar-refractivity contribution in [1.29, 1.82) is 0 Å². The van der Waals surface area contributed by atoms with Crippen LogP contribution in [0.5, 0.6) is 0 Å². The molecule has 0 spiro atoms. The number of anilines is 3. The summed E-state index contributed by atoms with van der Waals surface area (Å²) < 4.78 is 2.38. The number of fused-ring (bicyclic) bond motifs is 9. The zero-order valence-electron chi connectivity index (χ0n) is 32.4. The topological polar surface area (TPSA) is 8.17 Å². The number of hydrogen-bond donors (Lipinski definition) is 0. The highest BCUT2D eigenvalue weighted by molar-refractivity contribution is 6.10. The first-order valence-electron chi connectivity index (χ1n) is 20.0. The third-order valence-corrected chi connectivity index (χ3v) is 13.3. The van der Waals surface area contributed by atoms with Crippen LogP contribution in [0.15, 0.2) is 182 Å². The van der Waals surface area contributed by atoms with Crippen LogP contribution in [0.2, 0.25) is 0 Å². The minimum absolute atomic E-state index is 0.0244. The van der Waals surface area contributed by atoms with Gasteiger partial charge in [-0.15, -0.1) is 0 Å². The molecule has 11 rings (SSSR count). The van der Waals surface area contributed by atoms with Crippen LogP contribution in [-0.4, -0.2) is 4.57 Å². The van der Waals surface area contributed by atoms with E-state index >= 15 is 0 Å². The lowest BCUT2D eigenvalue weighted by molar-refractivity contribution is 0.394. The molecule has 0 radical (unpaired) electrons. The molecule has 0 aliphatic heterocycles. The van der Waals surface area contributed by atoms with Crippen molar-refractivity contribution < 1.29 is 0 Å². The van der Waals surface area contributed by atoms with E-state index in [0.717, 1.165) is 5.69 Å². The van der Waals surface area contributed by atoms with E-state index in [1.54, 1.807) is 0 Å². The average molecular weight is 721 g/mol. The molecule has 0 bridgehead atoms. The molecule has 2 atom stereocenters. The van der Waals surface area contributed by atoms with Crippen LogP contribution in [0.3, 0.4) is 0 Å². The maximum Gasteiger partial charge on any atom is 0.0541 e. The summed E-state index contributed by atoms with van der Waals surface area (Å²) in [6.07, 6.45) is 9.26. The molecule has 8 aromatic rings. The van der Waals surface area contributed by atoms with Gasteiger partial charge in [-0.05, 0) is 123 Å². The monoisotopic (exact) mass is 720 g/mol. The molecule has 2 heteroatoms. The summed E-state index contributed by atoms with van der Waals surface area (Å²) in [5.74, 6) is 0.883. The third-order valence-electron chi connectivity index (χ3n) is 13.3. The SMILES string of the molecule is CC1(C)c2ccccc2-c2ccc(N(c3ccc(-c4ccc5c(c4)c4ccccc4n5-c4ccccc4)cc3)c3ccc4c(c3)C(C)(C)[C@H]3C=CC=CC43)cc21. The third kappa shape index (κ3) is 4.75. The molecule has 3 aliphatic carbocycles. The number of hydrogen-bond acceptors (Lipinski definition) is 1. The molecular weight excluding hydrogens is 677 g/mol. The van der Waals surface area contributed by atoms with Gasteiger partial charge in [-0.25, -0.2) is 0 Å². The molecule has 0 saturated heterocycles. The van der Waals surface area contributed by atoms with E-state index in [9.17, 15) is 0 Å². The Morgan fingerprint density at radius 1 is 0.482 bits per heavy atom. The van der Waals surface area contributed by atoms with Crippen LogP contribution in [0.25, 0.3) is 49.7 Å². The van der Waals surface area contributed by atoms with Gasteiger partial charge >= 0.3 is 0 Å². The van der Waals surface area contributed by atoms with Gasteiger partial charge in [0.1, 0.15) is 0 Å². The van der Waals surface area contributed by atoms with Gasteiger partial charge in [-0.1, -0.05) is 143 Å². The van der Waals surface area contributed by atoms with Gasteiger partial charge in [0, 0.05) is 44.9 Å². The molecule has 0 saturated carbocycles. The Bertz CT molecular complexity index is 2920. The zero-order chi connectivity index (χ0) is 37.8. The molecule has 270 valence electrons. The molecule has 7 aromatic carbocycles. The van der Waals surface area contributed by atoms with E-state index in [-0.39, 0.29) is 10.8 Å². The highest BCUT2D eigenvalue weighted by Gasteiger charge is 2.45. The van der Waals surface area contributed by atoms with Crippen molar-refractivity contribution in [3.8, 4) is 27.9 Å². The molecule has 2 nitrogen and oxygen atoms in total. The van der Waals surface area contributed by atoms with Crippen molar-refractivity contribution >= 4 is 38.9 Å². The largest absolute Gasteiger partial charge is 0.310 e. The van der Waals surface area contributed by atoms with Crippen molar-refractivity contribution in [2.45, 2.75) is 44.4 Å². The minimum atomic E-state index is -0.0893. The molecule has 1 unspecified atom stereocenters. The summed E-state index contributed by atoms with van der Waals surface area (Å²) in [5.41, 5.74) is 17.9. The first-order chi connectivity index (χ1) is 27.3. The predicted molar refractivity (Wildman–Crippen MR) is 236 cm³/mol. The Morgan fingerprint density at radius 3 is 1.96 bits per heavy atom. The molecular formula is C54H44N2. The van der Waals surface area contributed by atoms with Gasteiger partial charge in [-0.2, -0.15) is 0 Å². The van der Waals surface area contributed by atoms with Gasteiger partial charge in [0.15, 0.2) is 0 Å². The number of rotatable bonds is 5. The van der Waals surface area contributed by atoms with Gasteiger partial charge < -0.3 is 9.47 Å². The number of nitrogens with zero attached hydrogens (tertiary/aromatic N) is 2. The Hall–Kier alpha value is -6.38. The number of para-hydroxylation sites is 2. The first-order valence-corrected chi connectivity index (χ1v) is 20.0. The minimum Gasteiger partial charge on any atom is -0.310 e. The quantitative estimate of drug-likeness (QED) is 0.172. The fourth-order valence-corrected chi connectivity index (χ4v) is 10.4. The van der Waals surface area contributed by atoms with E-state index < -0.39 is 0 Å². The highest BCUT2D eigenvalue weighted by atomic mass is 15.1. The Kier molecular flexibility index (Phi) is 7.11. The van der Waals surface area contributed by atoms with Crippen molar-refractivity contribution in [3.05, 3.63) is 204 Å². The number of benzene rings is 7. The molecule has 0 N–H and O–H groups in total. The van der Waals surface area contributed by atoms with Crippen molar-refractivity contribution in [2.75, 3.05) is 4.90 Å². The fourth-order valence-electron chi connectivity index (χ4n) is 10.4. The van der Waals surface area contributed by atoms with Gasteiger partial charge in [0.25, 0.3) is 0 Å². The smallest absolute Gasteiger partial charge is 0.0541 e. The van der Waals surface area contributed by atoms with Gasteiger partial charge in [0.2, 0.25) is 0 Å². The zero-order valence-corrected chi connectivity index (χ0v) is 32.4. The van der Waals surface area contributed by atoms with Gasteiger partial charge in [0.05, 0.1) is 11.0 Å². The molecule has 1 aromatic heterocycles. The average Bonchev–Trinajstić information content (AvgIpc) is 3.78. The Morgan fingerprint density at radius 2 is 1.12 bits per heavy atom. The van der Waals surface area contributed by atoms with Crippen LogP contribution in [0.4, 0.5) is 17.1 Å². The van der Waals surface area contributed by atoms with E-state index in [4.69, 9.17) is 0 Å². The second-order valence-electron chi connectivity index (χ2n) is 17.0. The van der Waals surface area contributed by atoms with Crippen molar-refractivity contribution in [1.82, 2.24) is 4.57 Å². The Labute approximate surface area is 329 Å². The van der Waals surface area contributed by atoms with E-state index in [0.29, 0.717) is 11.8 Å². The first kappa shape index (κ1) is 33.0. The fraction of sp³-hybridized carbons (Fsp3) is 0.148. The lowest BCUT2D eigenvalue weighted by Gasteiger charge is -2.31. The summed E-state index contributed by atoms with van der Waals surface area (Å²) in [4.78, 5) is 2.48. The summed E-state index contributed by atoms with van der Waals surface area (Å²) in [5, 5.41) is 2.53. The van der Waals surface area contributed by atoms with Crippen LogP contribution < -0.4 is 4.90 Å². The van der Waals surface area contributed by atoms with E-state index in [1.165, 1.54) is 83.4 Å². The van der Waals surface area contributed by atoms with Crippen LogP contribution >= 0.6 is 0 Å². The normalized spacial score (nSPS) is 18.1. The van der Waals surface area contributed by atoms with Crippen LogP contribution in [0.1, 0.15) is 55.9 Å². The van der Waals surface area contributed by atoms with Crippen molar-refractivity contribution in [3.63, 3.8) is 0 Å². The number of allylic oxidation sites excluding steroid dienone is 4. The summed E-state index contributed by atoms with van der Waals surface area (Å²) in [6, 6.07) is 58.9. The molecule has 0 amide bonds. The molecule has 0 fully saturated rings. The molecule has 1 heterocycles. The summed E-state index contributed by atoms with van der Waals surface area (Å²) in [7, 11) is 0. The van der Waals surface area contributed by atoms with Crippen molar-refractivity contribution in [2.24, 2.45) is 5.92 Å². The lowest BCUT2D eigenvalue weighted by Crippen LogP contribution is -2.24. The lowest BCUT2D eigenvalue weighted by atomic mass is 9.74. The summed E-state index contributed by atoms with van der Waals surface area (Å²) >= 11 is 0. The maximum absolute atomic E-state index is 2.48. The highest BCUT2D eigenvalue weighted by Crippen LogP contribution is 2.55. The van der Waals surface area contributed by atoms with E-state index in [1.807, 2.05) is 0 Å². The van der Waals surface area contributed by atoms with Crippen LogP contribution in [0, 0.1) is 5.92 Å². The molecule has 56 heavy (non-hydrogen) atoms. The predicted octanol–water partition coefficient (Wildman–Crippen LogP) is 14.3. The second-order valence-corrected chi connectivity index (χ2v) is 17.0. The maximum atomic E-state index is 2.48. The standard InChI is InChI=1S/C54H44N2/c1-53(2)47-19-11-8-16-41(47)43-29-27-39(33-49(43)53)55(40-28-30-44-42-17-9-12-20-48(42)54(3,4)50(44)34-40)38-25-22-35(23-26-38)36-24-31-52-46(32-36)45-18-10-13-21-51(45)56(52)37-14-6-5-7-15-37/h5-34,41,47H,1-4H3/t41?,47-/m0/s1.